The van der Waals surface area contributed by atoms with Crippen LogP contribution in [0.5, 0.6) is 0 Å². The van der Waals surface area contributed by atoms with E-state index in [9.17, 15) is 9.90 Å². The molecule has 1 fully saturated rings. The zero-order valence-electron chi connectivity index (χ0n) is 13.7. The van der Waals surface area contributed by atoms with Crippen molar-refractivity contribution in [3.8, 4) is 0 Å². The lowest BCUT2D eigenvalue weighted by Gasteiger charge is -2.37. The standard InChI is InChI=1S/C17H26N2O2S/c1-17(2,21)13-18(3)16(20)15(14-7-5-4-6-8-14)19-9-11-22-12-10-19/h4-8,15,21H,9-13H2,1-3H3. The van der Waals surface area contributed by atoms with Crippen LogP contribution < -0.4 is 0 Å². The second kappa shape index (κ2) is 7.49. The van der Waals surface area contributed by atoms with Gasteiger partial charge in [0.25, 0.3) is 0 Å². The van der Waals surface area contributed by atoms with Crippen LogP contribution in [0.2, 0.25) is 0 Å². The van der Waals surface area contributed by atoms with Gasteiger partial charge in [0.05, 0.1) is 5.60 Å². The molecule has 22 heavy (non-hydrogen) atoms. The molecule has 5 heteroatoms. The molecule has 4 nitrogen and oxygen atoms in total. The first-order valence-corrected chi connectivity index (χ1v) is 8.88. The van der Waals surface area contributed by atoms with Gasteiger partial charge in [-0.25, -0.2) is 0 Å². The van der Waals surface area contributed by atoms with Crippen LogP contribution >= 0.6 is 11.8 Å². The van der Waals surface area contributed by atoms with Crippen molar-refractivity contribution >= 4 is 17.7 Å². The number of carbonyl (C=O) groups is 1. The molecule has 1 aliphatic rings. The number of aliphatic hydroxyl groups is 1. The number of amides is 1. The smallest absolute Gasteiger partial charge is 0.244 e. The first-order valence-electron chi connectivity index (χ1n) is 7.72. The summed E-state index contributed by atoms with van der Waals surface area (Å²) in [7, 11) is 1.77. The highest BCUT2D eigenvalue weighted by Gasteiger charge is 2.32. The molecule has 0 bridgehead atoms. The molecule has 0 spiro atoms. The Morgan fingerprint density at radius 1 is 1.32 bits per heavy atom. The van der Waals surface area contributed by atoms with Gasteiger partial charge in [-0.3, -0.25) is 9.69 Å². The summed E-state index contributed by atoms with van der Waals surface area (Å²) < 4.78 is 0. The van der Waals surface area contributed by atoms with E-state index in [1.165, 1.54) is 0 Å². The number of hydrogen-bond donors (Lipinski definition) is 1. The van der Waals surface area contributed by atoms with E-state index in [-0.39, 0.29) is 11.9 Å². The quantitative estimate of drug-likeness (QED) is 0.900. The summed E-state index contributed by atoms with van der Waals surface area (Å²) in [5, 5.41) is 9.99. The predicted octanol–water partition coefficient (Wildman–Crippen LogP) is 2.01. The van der Waals surface area contributed by atoms with Gasteiger partial charge in [0.15, 0.2) is 0 Å². The van der Waals surface area contributed by atoms with Crippen molar-refractivity contribution in [3.63, 3.8) is 0 Å². The highest BCUT2D eigenvalue weighted by Crippen LogP contribution is 2.26. The van der Waals surface area contributed by atoms with Gasteiger partial charge in [-0.1, -0.05) is 30.3 Å². The summed E-state index contributed by atoms with van der Waals surface area (Å²) >= 11 is 1.93. The van der Waals surface area contributed by atoms with Crippen molar-refractivity contribution in [2.24, 2.45) is 0 Å². The molecule has 2 rings (SSSR count). The molecule has 1 amide bonds. The Hall–Kier alpha value is -1.04. The third-order valence-electron chi connectivity index (χ3n) is 3.76. The van der Waals surface area contributed by atoms with Crippen LogP contribution in [0.3, 0.4) is 0 Å². The fraction of sp³-hybridized carbons (Fsp3) is 0.588. The largest absolute Gasteiger partial charge is 0.389 e. The summed E-state index contributed by atoms with van der Waals surface area (Å²) in [6, 6.07) is 9.70. The fourth-order valence-electron chi connectivity index (χ4n) is 2.85. The van der Waals surface area contributed by atoms with Crippen LogP contribution in [0.25, 0.3) is 0 Å². The van der Waals surface area contributed by atoms with Gasteiger partial charge in [-0.05, 0) is 19.4 Å². The van der Waals surface area contributed by atoms with Gasteiger partial charge < -0.3 is 10.0 Å². The number of likely N-dealkylation sites (N-methyl/N-ethyl adjacent to an activating group) is 1. The number of carbonyl (C=O) groups excluding carboxylic acids is 1. The van der Waals surface area contributed by atoms with Crippen LogP contribution in [0.15, 0.2) is 30.3 Å². The highest BCUT2D eigenvalue weighted by molar-refractivity contribution is 7.99. The van der Waals surface area contributed by atoms with Gasteiger partial charge in [0.2, 0.25) is 5.91 Å². The van der Waals surface area contributed by atoms with Crippen LogP contribution in [-0.4, -0.2) is 64.6 Å². The number of rotatable bonds is 5. The van der Waals surface area contributed by atoms with Gasteiger partial charge in [-0.2, -0.15) is 11.8 Å². The number of nitrogens with zero attached hydrogens (tertiary/aromatic N) is 2. The minimum Gasteiger partial charge on any atom is -0.389 e. The first kappa shape index (κ1) is 17.3. The molecule has 1 aliphatic heterocycles. The minimum absolute atomic E-state index is 0.0558. The molecule has 122 valence electrons. The zero-order chi connectivity index (χ0) is 16.2. The highest BCUT2D eigenvalue weighted by atomic mass is 32.2. The number of benzene rings is 1. The second-order valence-electron chi connectivity index (χ2n) is 6.47. The Labute approximate surface area is 137 Å². The molecular formula is C17H26N2O2S. The summed E-state index contributed by atoms with van der Waals surface area (Å²) in [5.74, 6) is 2.18. The van der Waals surface area contributed by atoms with Crippen LogP contribution in [-0.2, 0) is 4.79 Å². The van der Waals surface area contributed by atoms with Crippen molar-refractivity contribution in [2.45, 2.75) is 25.5 Å². The second-order valence-corrected chi connectivity index (χ2v) is 7.69. The number of thioether (sulfide) groups is 1. The molecule has 1 atom stereocenters. The topological polar surface area (TPSA) is 43.8 Å². The van der Waals surface area contributed by atoms with E-state index < -0.39 is 5.60 Å². The first-order chi connectivity index (χ1) is 10.4. The minimum atomic E-state index is -0.886. The Kier molecular flexibility index (Phi) is 5.89. The molecule has 0 aromatic heterocycles. The molecule has 0 radical (unpaired) electrons. The third kappa shape index (κ3) is 4.73. The normalized spacial score (nSPS) is 18.0. The Bertz CT molecular complexity index is 481. The molecule has 1 saturated heterocycles. The molecule has 1 N–H and O–H groups in total. The maximum Gasteiger partial charge on any atom is 0.244 e. The van der Waals surface area contributed by atoms with E-state index in [0.29, 0.717) is 6.54 Å². The maximum atomic E-state index is 13.0. The van der Waals surface area contributed by atoms with E-state index in [1.807, 2.05) is 42.1 Å². The van der Waals surface area contributed by atoms with E-state index in [4.69, 9.17) is 0 Å². The van der Waals surface area contributed by atoms with E-state index >= 15 is 0 Å². The lowest BCUT2D eigenvalue weighted by Crippen LogP contribution is -2.48. The van der Waals surface area contributed by atoms with Crippen molar-refractivity contribution in [1.82, 2.24) is 9.80 Å². The van der Waals surface area contributed by atoms with Crippen LogP contribution in [0, 0.1) is 0 Å². The SMILES string of the molecule is CN(CC(C)(C)O)C(=O)C(c1ccccc1)N1CCSCC1. The van der Waals surface area contributed by atoms with E-state index in [0.717, 1.165) is 30.2 Å². The average Bonchev–Trinajstić information content (AvgIpc) is 2.48. The van der Waals surface area contributed by atoms with Gasteiger partial charge >= 0.3 is 0 Å². The fourth-order valence-corrected chi connectivity index (χ4v) is 3.78. The number of hydrogen-bond acceptors (Lipinski definition) is 4. The summed E-state index contributed by atoms with van der Waals surface area (Å²) in [6.07, 6.45) is 0. The van der Waals surface area contributed by atoms with Gasteiger partial charge in [-0.15, -0.1) is 0 Å². The maximum absolute atomic E-state index is 13.0. The van der Waals surface area contributed by atoms with Crippen molar-refractivity contribution in [1.29, 1.82) is 0 Å². The average molecular weight is 322 g/mol. The van der Waals surface area contributed by atoms with Crippen molar-refractivity contribution < 1.29 is 9.90 Å². The summed E-state index contributed by atoms with van der Waals surface area (Å²) in [4.78, 5) is 16.9. The van der Waals surface area contributed by atoms with Gasteiger partial charge in [0.1, 0.15) is 6.04 Å². The van der Waals surface area contributed by atoms with Crippen molar-refractivity contribution in [2.75, 3.05) is 38.2 Å². The van der Waals surface area contributed by atoms with Crippen LogP contribution in [0.4, 0.5) is 0 Å². The monoisotopic (exact) mass is 322 g/mol. The summed E-state index contributed by atoms with van der Waals surface area (Å²) in [5.41, 5.74) is 0.144. The summed E-state index contributed by atoms with van der Waals surface area (Å²) in [6.45, 7) is 5.63. The molecular weight excluding hydrogens is 296 g/mol. The van der Waals surface area contributed by atoms with Gasteiger partial charge in [0, 0.05) is 38.2 Å². The van der Waals surface area contributed by atoms with E-state index in [2.05, 4.69) is 4.90 Å². The molecule has 1 aromatic carbocycles. The third-order valence-corrected chi connectivity index (χ3v) is 4.70. The predicted molar refractivity (Wildman–Crippen MR) is 92.0 cm³/mol. The van der Waals surface area contributed by atoms with Crippen molar-refractivity contribution in [3.05, 3.63) is 35.9 Å². The Morgan fingerprint density at radius 2 is 1.91 bits per heavy atom. The lowest BCUT2D eigenvalue weighted by atomic mass is 10.0. The molecule has 0 saturated carbocycles. The lowest BCUT2D eigenvalue weighted by molar-refractivity contribution is -0.138. The van der Waals surface area contributed by atoms with E-state index in [1.54, 1.807) is 25.8 Å². The van der Waals surface area contributed by atoms with Crippen LogP contribution in [0.1, 0.15) is 25.5 Å². The molecule has 1 heterocycles. The molecule has 1 unspecified atom stereocenters. The Morgan fingerprint density at radius 3 is 2.45 bits per heavy atom. The zero-order valence-corrected chi connectivity index (χ0v) is 14.5. The Balaban J connectivity index is 2.22. The molecule has 0 aliphatic carbocycles. The molecule has 1 aromatic rings.